The molecule has 0 bridgehead atoms. The minimum atomic E-state index is -3.22. The van der Waals surface area contributed by atoms with Crippen LogP contribution in [0.15, 0.2) is 29.2 Å². The van der Waals surface area contributed by atoms with Crippen molar-refractivity contribution in [3.63, 3.8) is 0 Å². The average molecular weight is 299 g/mol. The van der Waals surface area contributed by atoms with Gasteiger partial charge in [-0.25, -0.2) is 8.42 Å². The first-order chi connectivity index (χ1) is 9.00. The maximum atomic E-state index is 11.4. The van der Waals surface area contributed by atoms with Crippen molar-refractivity contribution in [2.24, 2.45) is 5.41 Å². The van der Waals surface area contributed by atoms with Crippen LogP contribution in [0.2, 0.25) is 0 Å². The zero-order chi connectivity index (χ0) is 15.6. The zero-order valence-electron chi connectivity index (χ0n) is 12.2. The smallest absolute Gasteiger partial charge is 0.305 e. The van der Waals surface area contributed by atoms with Crippen molar-refractivity contribution >= 4 is 21.5 Å². The van der Waals surface area contributed by atoms with E-state index < -0.39 is 15.8 Å². The van der Waals surface area contributed by atoms with Gasteiger partial charge in [0.2, 0.25) is 0 Å². The van der Waals surface area contributed by atoms with E-state index in [1.54, 1.807) is 12.1 Å². The fraction of sp³-hybridized carbons (Fsp3) is 0.500. The quantitative estimate of drug-likeness (QED) is 0.872. The Labute approximate surface area is 119 Å². The van der Waals surface area contributed by atoms with E-state index in [1.807, 2.05) is 20.8 Å². The molecule has 5 nitrogen and oxygen atoms in total. The molecule has 1 aromatic carbocycles. The van der Waals surface area contributed by atoms with E-state index in [1.165, 1.54) is 12.1 Å². The topological polar surface area (TPSA) is 83.5 Å². The normalized spacial score (nSPS) is 13.8. The molecule has 20 heavy (non-hydrogen) atoms. The van der Waals surface area contributed by atoms with Gasteiger partial charge in [0.25, 0.3) is 0 Å². The van der Waals surface area contributed by atoms with Crippen LogP contribution in [0, 0.1) is 5.41 Å². The van der Waals surface area contributed by atoms with Gasteiger partial charge in [0.1, 0.15) is 0 Å². The number of hydrogen-bond donors (Lipinski definition) is 2. The van der Waals surface area contributed by atoms with Crippen LogP contribution in [-0.4, -0.2) is 31.8 Å². The van der Waals surface area contributed by atoms with E-state index in [9.17, 15) is 13.2 Å². The molecule has 2 N–H and O–H groups in total. The molecule has 0 spiro atoms. The lowest BCUT2D eigenvalue weighted by Gasteiger charge is -2.31. The van der Waals surface area contributed by atoms with Crippen molar-refractivity contribution in [2.75, 3.05) is 11.6 Å². The highest BCUT2D eigenvalue weighted by Crippen LogP contribution is 2.26. The van der Waals surface area contributed by atoms with Crippen LogP contribution in [0.3, 0.4) is 0 Å². The average Bonchev–Trinajstić information content (AvgIpc) is 2.25. The van der Waals surface area contributed by atoms with Crippen molar-refractivity contribution < 1.29 is 18.3 Å². The van der Waals surface area contributed by atoms with Crippen molar-refractivity contribution in [3.8, 4) is 0 Å². The number of carbonyl (C=O) groups is 1. The molecule has 0 radical (unpaired) electrons. The van der Waals surface area contributed by atoms with E-state index in [4.69, 9.17) is 5.11 Å². The fourth-order valence-corrected chi connectivity index (χ4v) is 2.38. The SMILES string of the molecule is CC(C)(C)C(CC(=O)O)Nc1ccc(S(C)(=O)=O)cc1. The summed E-state index contributed by atoms with van der Waals surface area (Å²) in [5, 5.41) is 12.1. The third-order valence-corrected chi connectivity index (χ3v) is 4.18. The Hall–Kier alpha value is -1.56. The highest BCUT2D eigenvalue weighted by molar-refractivity contribution is 7.90. The Kier molecular flexibility index (Phi) is 4.81. The summed E-state index contributed by atoms with van der Waals surface area (Å²) in [4.78, 5) is 11.2. The van der Waals surface area contributed by atoms with Gasteiger partial charge in [-0.15, -0.1) is 0 Å². The number of rotatable bonds is 5. The first-order valence-electron chi connectivity index (χ1n) is 6.28. The van der Waals surface area contributed by atoms with Gasteiger partial charge in [0.15, 0.2) is 9.84 Å². The number of nitrogens with one attached hydrogen (secondary N) is 1. The number of sulfone groups is 1. The molecule has 1 aromatic rings. The molecule has 0 saturated carbocycles. The van der Waals surface area contributed by atoms with Crippen LogP contribution in [0.1, 0.15) is 27.2 Å². The molecular weight excluding hydrogens is 278 g/mol. The maximum Gasteiger partial charge on any atom is 0.305 e. The highest BCUT2D eigenvalue weighted by Gasteiger charge is 2.26. The number of benzene rings is 1. The molecule has 0 aliphatic heterocycles. The minimum Gasteiger partial charge on any atom is -0.481 e. The zero-order valence-corrected chi connectivity index (χ0v) is 13.0. The molecule has 0 aromatic heterocycles. The van der Waals surface area contributed by atoms with E-state index in [0.29, 0.717) is 5.69 Å². The first-order valence-corrected chi connectivity index (χ1v) is 8.18. The Balaban J connectivity index is 2.92. The second kappa shape index (κ2) is 5.83. The van der Waals surface area contributed by atoms with E-state index in [0.717, 1.165) is 6.26 Å². The van der Waals surface area contributed by atoms with Crippen LogP contribution in [-0.2, 0) is 14.6 Å². The van der Waals surface area contributed by atoms with Crippen molar-refractivity contribution in [2.45, 2.75) is 38.1 Å². The monoisotopic (exact) mass is 299 g/mol. The standard InChI is InChI=1S/C14H21NO4S/c1-14(2,3)12(9-13(16)17)15-10-5-7-11(8-6-10)20(4,18)19/h5-8,12,15H,9H2,1-4H3,(H,16,17). The van der Waals surface area contributed by atoms with Gasteiger partial charge in [0.05, 0.1) is 11.3 Å². The molecule has 0 fully saturated rings. The molecule has 1 atom stereocenters. The fourth-order valence-electron chi connectivity index (χ4n) is 1.75. The summed E-state index contributed by atoms with van der Waals surface area (Å²) in [6.45, 7) is 5.87. The lowest BCUT2D eigenvalue weighted by Crippen LogP contribution is -2.36. The summed E-state index contributed by atoms with van der Waals surface area (Å²) in [7, 11) is -3.22. The summed E-state index contributed by atoms with van der Waals surface area (Å²) < 4.78 is 22.7. The predicted octanol–water partition coefficient (Wildman–Crippen LogP) is 2.39. The molecule has 112 valence electrons. The van der Waals surface area contributed by atoms with Crippen LogP contribution < -0.4 is 5.32 Å². The van der Waals surface area contributed by atoms with Crippen molar-refractivity contribution in [1.82, 2.24) is 0 Å². The highest BCUT2D eigenvalue weighted by atomic mass is 32.2. The second-order valence-corrected chi connectivity index (χ2v) is 7.97. The molecule has 0 saturated heterocycles. The molecule has 0 heterocycles. The Morgan fingerprint density at radius 1 is 1.25 bits per heavy atom. The summed E-state index contributed by atoms with van der Waals surface area (Å²) in [6, 6.07) is 6.08. The second-order valence-electron chi connectivity index (χ2n) is 5.96. The van der Waals surface area contributed by atoms with Gasteiger partial charge < -0.3 is 10.4 Å². The summed E-state index contributed by atoms with van der Waals surface area (Å²) in [5.74, 6) is -0.870. The van der Waals surface area contributed by atoms with Crippen LogP contribution in [0.25, 0.3) is 0 Å². The third-order valence-electron chi connectivity index (χ3n) is 3.05. The van der Waals surface area contributed by atoms with Gasteiger partial charge in [-0.1, -0.05) is 20.8 Å². The van der Waals surface area contributed by atoms with Gasteiger partial charge in [-0.05, 0) is 29.7 Å². The Bertz CT molecular complexity index is 570. The van der Waals surface area contributed by atoms with E-state index in [-0.39, 0.29) is 22.8 Å². The number of carboxylic acids is 1. The van der Waals surface area contributed by atoms with Crippen molar-refractivity contribution in [1.29, 1.82) is 0 Å². The van der Waals surface area contributed by atoms with Crippen LogP contribution in [0.5, 0.6) is 0 Å². The van der Waals surface area contributed by atoms with Gasteiger partial charge in [-0.2, -0.15) is 0 Å². The van der Waals surface area contributed by atoms with Crippen LogP contribution >= 0.6 is 0 Å². The number of anilines is 1. The molecule has 1 unspecified atom stereocenters. The summed E-state index contributed by atoms with van der Waals surface area (Å²) in [6.07, 6.45) is 1.15. The lowest BCUT2D eigenvalue weighted by molar-refractivity contribution is -0.137. The molecule has 0 aliphatic rings. The molecular formula is C14H21NO4S. The largest absolute Gasteiger partial charge is 0.481 e. The Morgan fingerprint density at radius 3 is 2.10 bits per heavy atom. The van der Waals surface area contributed by atoms with Gasteiger partial charge >= 0.3 is 5.97 Å². The third kappa shape index (κ3) is 4.85. The summed E-state index contributed by atoms with van der Waals surface area (Å²) in [5.41, 5.74) is 0.479. The number of aliphatic carboxylic acids is 1. The van der Waals surface area contributed by atoms with Gasteiger partial charge in [0, 0.05) is 18.0 Å². The van der Waals surface area contributed by atoms with Crippen molar-refractivity contribution in [3.05, 3.63) is 24.3 Å². The molecule has 1 rings (SSSR count). The lowest BCUT2D eigenvalue weighted by atomic mass is 9.84. The number of hydrogen-bond acceptors (Lipinski definition) is 4. The Morgan fingerprint density at radius 2 is 1.75 bits per heavy atom. The minimum absolute atomic E-state index is 0.00265. The first kappa shape index (κ1) is 16.5. The van der Waals surface area contributed by atoms with E-state index >= 15 is 0 Å². The molecule has 0 amide bonds. The summed E-state index contributed by atoms with van der Waals surface area (Å²) >= 11 is 0. The molecule has 6 heteroatoms. The number of carboxylic acid groups (broad SMARTS) is 1. The van der Waals surface area contributed by atoms with Crippen LogP contribution in [0.4, 0.5) is 5.69 Å². The predicted molar refractivity (Wildman–Crippen MR) is 78.7 cm³/mol. The van der Waals surface area contributed by atoms with E-state index in [2.05, 4.69) is 5.32 Å². The maximum absolute atomic E-state index is 11.4. The van der Waals surface area contributed by atoms with Gasteiger partial charge in [-0.3, -0.25) is 4.79 Å². The molecule has 0 aliphatic carbocycles.